The molecule has 2 aromatic rings. The first-order valence-electron chi connectivity index (χ1n) is 7.66. The minimum Gasteiger partial charge on any atom is -0.396 e. The first-order chi connectivity index (χ1) is 10.7. The molecular formula is C17H22N2O3. The van der Waals surface area contributed by atoms with E-state index < -0.39 is 0 Å². The third kappa shape index (κ3) is 3.95. The van der Waals surface area contributed by atoms with E-state index in [1.807, 2.05) is 12.1 Å². The number of rotatable bonds is 7. The van der Waals surface area contributed by atoms with Gasteiger partial charge in [0.05, 0.1) is 0 Å². The third-order valence-electron chi connectivity index (χ3n) is 3.78. The van der Waals surface area contributed by atoms with Crippen molar-refractivity contribution in [2.75, 3.05) is 13.2 Å². The number of hydrogen-bond donors (Lipinski definition) is 3. The molecule has 118 valence electrons. The summed E-state index contributed by atoms with van der Waals surface area (Å²) < 4.78 is 0. The second-order valence-corrected chi connectivity index (χ2v) is 5.48. The predicted octanol–water partition coefficient (Wildman–Crippen LogP) is 2.06. The topological polar surface area (TPSA) is 82.2 Å². The van der Waals surface area contributed by atoms with E-state index in [-0.39, 0.29) is 29.7 Å². The summed E-state index contributed by atoms with van der Waals surface area (Å²) in [6.07, 6.45) is 2.63. The molecule has 1 amide bonds. The lowest BCUT2D eigenvalue weighted by atomic mass is 10.0. The van der Waals surface area contributed by atoms with Gasteiger partial charge in [0.1, 0.15) is 5.69 Å². The highest BCUT2D eigenvalue weighted by Crippen LogP contribution is 2.11. The van der Waals surface area contributed by atoms with E-state index in [1.54, 1.807) is 18.2 Å². The molecule has 5 nitrogen and oxygen atoms in total. The number of aromatic nitrogens is 1. The zero-order chi connectivity index (χ0) is 15.9. The van der Waals surface area contributed by atoms with Crippen molar-refractivity contribution in [3.8, 4) is 0 Å². The van der Waals surface area contributed by atoms with E-state index in [9.17, 15) is 9.59 Å². The van der Waals surface area contributed by atoms with Gasteiger partial charge >= 0.3 is 0 Å². The Balaban J connectivity index is 2.11. The van der Waals surface area contributed by atoms with Crippen molar-refractivity contribution in [3.63, 3.8) is 0 Å². The number of benzene rings is 1. The van der Waals surface area contributed by atoms with Gasteiger partial charge in [0, 0.05) is 18.5 Å². The van der Waals surface area contributed by atoms with Crippen LogP contribution in [0.4, 0.5) is 0 Å². The van der Waals surface area contributed by atoms with Gasteiger partial charge in [-0.1, -0.05) is 31.5 Å². The van der Waals surface area contributed by atoms with E-state index in [2.05, 4.69) is 17.2 Å². The molecule has 0 spiro atoms. The first kappa shape index (κ1) is 16.2. The zero-order valence-corrected chi connectivity index (χ0v) is 12.8. The summed E-state index contributed by atoms with van der Waals surface area (Å²) in [5, 5.41) is 13.2. The molecule has 1 aromatic heterocycles. The van der Waals surface area contributed by atoms with Crippen molar-refractivity contribution < 1.29 is 9.90 Å². The van der Waals surface area contributed by atoms with E-state index >= 15 is 0 Å². The summed E-state index contributed by atoms with van der Waals surface area (Å²) in [6, 6.07) is 8.86. The normalized spacial score (nSPS) is 12.3. The molecule has 1 unspecified atom stereocenters. The lowest BCUT2D eigenvalue weighted by Crippen LogP contribution is -2.31. The number of fused-ring (bicyclic) bond motifs is 1. The predicted molar refractivity (Wildman–Crippen MR) is 87.0 cm³/mol. The Morgan fingerprint density at radius 1 is 1.32 bits per heavy atom. The minimum atomic E-state index is -0.290. The molecule has 3 N–H and O–H groups in total. The fraction of sp³-hybridized carbons (Fsp3) is 0.412. The summed E-state index contributed by atoms with van der Waals surface area (Å²) >= 11 is 0. The largest absolute Gasteiger partial charge is 0.396 e. The van der Waals surface area contributed by atoms with Crippen LogP contribution in [0.25, 0.3) is 10.8 Å². The molecule has 0 saturated heterocycles. The Morgan fingerprint density at radius 3 is 2.82 bits per heavy atom. The second-order valence-electron chi connectivity index (χ2n) is 5.48. The number of carbonyl (C=O) groups is 1. The molecule has 22 heavy (non-hydrogen) atoms. The molecule has 0 aliphatic carbocycles. The van der Waals surface area contributed by atoms with Gasteiger partial charge in [-0.25, -0.2) is 0 Å². The molecule has 2 rings (SSSR count). The fourth-order valence-electron chi connectivity index (χ4n) is 2.60. The minimum absolute atomic E-state index is 0.118. The lowest BCUT2D eigenvalue weighted by molar-refractivity contribution is 0.0938. The highest BCUT2D eigenvalue weighted by Gasteiger charge is 2.12. The number of aromatic amines is 1. The first-order valence-corrected chi connectivity index (χ1v) is 7.66. The average molecular weight is 302 g/mol. The number of hydrogen-bond acceptors (Lipinski definition) is 3. The molecule has 0 saturated carbocycles. The van der Waals surface area contributed by atoms with E-state index in [4.69, 9.17) is 5.11 Å². The highest BCUT2D eigenvalue weighted by atomic mass is 16.3. The Kier molecular flexibility index (Phi) is 5.72. The van der Waals surface area contributed by atoms with Crippen LogP contribution >= 0.6 is 0 Å². The van der Waals surface area contributed by atoms with Crippen LogP contribution in [0.2, 0.25) is 0 Å². The van der Waals surface area contributed by atoms with Gasteiger partial charge in [0.25, 0.3) is 11.5 Å². The Bertz CT molecular complexity index is 688. The number of amides is 1. The van der Waals surface area contributed by atoms with Gasteiger partial charge < -0.3 is 15.4 Å². The Hall–Kier alpha value is -2.14. The second kappa shape index (κ2) is 7.75. The van der Waals surface area contributed by atoms with Crippen molar-refractivity contribution >= 4 is 16.7 Å². The van der Waals surface area contributed by atoms with Crippen LogP contribution < -0.4 is 10.9 Å². The van der Waals surface area contributed by atoms with Crippen molar-refractivity contribution in [1.82, 2.24) is 10.3 Å². The van der Waals surface area contributed by atoms with Crippen molar-refractivity contribution in [2.24, 2.45) is 5.92 Å². The van der Waals surface area contributed by atoms with Crippen molar-refractivity contribution in [3.05, 3.63) is 46.4 Å². The average Bonchev–Trinajstić information content (AvgIpc) is 2.52. The molecule has 1 aromatic carbocycles. The van der Waals surface area contributed by atoms with Crippen LogP contribution in [0.1, 0.15) is 36.7 Å². The quantitative estimate of drug-likeness (QED) is 0.732. The van der Waals surface area contributed by atoms with E-state index in [0.717, 1.165) is 18.2 Å². The van der Waals surface area contributed by atoms with Crippen molar-refractivity contribution in [1.29, 1.82) is 0 Å². The summed E-state index contributed by atoms with van der Waals surface area (Å²) in [6.45, 7) is 2.70. The maximum Gasteiger partial charge on any atom is 0.267 e. The van der Waals surface area contributed by atoms with Crippen molar-refractivity contribution in [2.45, 2.75) is 26.2 Å². The van der Waals surface area contributed by atoms with Gasteiger partial charge in [-0.15, -0.1) is 0 Å². The zero-order valence-electron chi connectivity index (χ0n) is 12.8. The number of aliphatic hydroxyl groups excluding tert-OH is 1. The molecule has 0 fully saturated rings. The van der Waals surface area contributed by atoms with Crippen LogP contribution in [0.5, 0.6) is 0 Å². The number of pyridine rings is 1. The number of carbonyl (C=O) groups excluding carboxylic acids is 1. The van der Waals surface area contributed by atoms with Gasteiger partial charge in [0.15, 0.2) is 0 Å². The third-order valence-corrected chi connectivity index (χ3v) is 3.78. The SMILES string of the molecule is CCCC(CCO)CNC(=O)c1cc2ccccc2c(=O)[nH]1. The van der Waals surface area contributed by atoms with Gasteiger partial charge in [-0.2, -0.15) is 0 Å². The molecule has 0 aliphatic heterocycles. The van der Waals surface area contributed by atoms with Gasteiger partial charge in [0.2, 0.25) is 0 Å². The summed E-state index contributed by atoms with van der Waals surface area (Å²) in [5.41, 5.74) is 0.00617. The van der Waals surface area contributed by atoms with Crippen LogP contribution in [-0.4, -0.2) is 29.1 Å². The van der Waals surface area contributed by atoms with E-state index in [0.29, 0.717) is 18.4 Å². The molecular weight excluding hydrogens is 280 g/mol. The maximum absolute atomic E-state index is 12.2. The van der Waals surface area contributed by atoms with E-state index in [1.165, 1.54) is 0 Å². The van der Waals surface area contributed by atoms with Crippen LogP contribution in [0, 0.1) is 5.92 Å². The molecule has 1 atom stereocenters. The summed E-state index contributed by atoms with van der Waals surface area (Å²) in [5.74, 6) is -0.0342. The lowest BCUT2D eigenvalue weighted by Gasteiger charge is -2.15. The van der Waals surface area contributed by atoms with Gasteiger partial charge in [-0.3, -0.25) is 9.59 Å². The number of nitrogens with one attached hydrogen (secondary N) is 2. The van der Waals surface area contributed by atoms with Crippen LogP contribution in [-0.2, 0) is 0 Å². The molecule has 0 aliphatic rings. The summed E-state index contributed by atoms with van der Waals surface area (Å²) in [4.78, 5) is 26.8. The Morgan fingerprint density at radius 2 is 2.09 bits per heavy atom. The number of aliphatic hydroxyl groups is 1. The smallest absolute Gasteiger partial charge is 0.267 e. The van der Waals surface area contributed by atoms with Crippen LogP contribution in [0.15, 0.2) is 35.1 Å². The van der Waals surface area contributed by atoms with Crippen LogP contribution in [0.3, 0.4) is 0 Å². The summed E-state index contributed by atoms with van der Waals surface area (Å²) in [7, 11) is 0. The Labute approximate surface area is 129 Å². The maximum atomic E-state index is 12.2. The highest BCUT2D eigenvalue weighted by molar-refractivity contribution is 5.96. The number of H-pyrrole nitrogens is 1. The monoisotopic (exact) mass is 302 g/mol. The molecule has 5 heteroatoms. The molecule has 1 heterocycles. The molecule has 0 radical (unpaired) electrons. The molecule has 0 bridgehead atoms. The fourth-order valence-corrected chi connectivity index (χ4v) is 2.60. The van der Waals surface area contributed by atoms with Gasteiger partial charge in [-0.05, 0) is 36.3 Å². The standard InChI is InChI=1S/C17H22N2O3/c1-2-5-12(8-9-20)11-18-17(22)15-10-13-6-3-4-7-14(13)16(21)19-15/h3-4,6-7,10,12,20H,2,5,8-9,11H2,1H3,(H,18,22)(H,19,21).